The third kappa shape index (κ3) is 4.00. The second kappa shape index (κ2) is 7.96. The van der Waals surface area contributed by atoms with Crippen LogP contribution in [-0.2, 0) is 5.41 Å². The van der Waals surface area contributed by atoms with Crippen molar-refractivity contribution >= 4 is 11.4 Å². The molecule has 2 nitrogen and oxygen atoms in total. The Bertz CT molecular complexity index is 670. The molecule has 0 radical (unpaired) electrons. The van der Waals surface area contributed by atoms with Crippen LogP contribution in [0.2, 0.25) is 0 Å². The summed E-state index contributed by atoms with van der Waals surface area (Å²) in [6.07, 6.45) is 13.9. The van der Waals surface area contributed by atoms with Gasteiger partial charge in [0.1, 0.15) is 0 Å². The molecule has 27 heavy (non-hydrogen) atoms. The summed E-state index contributed by atoms with van der Waals surface area (Å²) >= 11 is 0. The summed E-state index contributed by atoms with van der Waals surface area (Å²) in [5.74, 6) is 1.90. The average Bonchev–Trinajstić information content (AvgIpc) is 2.71. The predicted molar refractivity (Wildman–Crippen MR) is 116 cm³/mol. The molecule has 0 aliphatic heterocycles. The van der Waals surface area contributed by atoms with Gasteiger partial charge in [0.15, 0.2) is 0 Å². The van der Waals surface area contributed by atoms with Crippen LogP contribution >= 0.6 is 0 Å². The second-order valence-corrected chi connectivity index (χ2v) is 9.01. The Labute approximate surface area is 164 Å². The van der Waals surface area contributed by atoms with Crippen molar-refractivity contribution in [2.24, 2.45) is 11.8 Å². The molecule has 0 unspecified atom stereocenters. The molecule has 0 spiro atoms. The van der Waals surface area contributed by atoms with Crippen LogP contribution in [0.3, 0.4) is 0 Å². The lowest BCUT2D eigenvalue weighted by Crippen LogP contribution is -2.33. The molecule has 4 rings (SSSR count). The van der Waals surface area contributed by atoms with E-state index in [-0.39, 0.29) is 5.41 Å². The highest BCUT2D eigenvalue weighted by Crippen LogP contribution is 2.48. The molecule has 4 N–H and O–H groups in total. The van der Waals surface area contributed by atoms with Gasteiger partial charge in [-0.05, 0) is 79.3 Å². The quantitative estimate of drug-likeness (QED) is 0.627. The Morgan fingerprint density at radius 3 is 1.56 bits per heavy atom. The van der Waals surface area contributed by atoms with Gasteiger partial charge in [-0.3, -0.25) is 0 Å². The zero-order valence-corrected chi connectivity index (χ0v) is 16.5. The number of nitrogens with two attached hydrogens (primary N) is 2. The molecule has 144 valence electrons. The number of anilines is 2. The lowest BCUT2D eigenvalue weighted by atomic mass is 9.62. The Morgan fingerprint density at radius 1 is 0.630 bits per heavy atom. The van der Waals surface area contributed by atoms with E-state index in [1.165, 1.54) is 75.3 Å². The molecule has 2 aromatic rings. The average molecular weight is 363 g/mol. The lowest BCUT2D eigenvalue weighted by molar-refractivity contribution is 0.207. The molecule has 0 atom stereocenters. The smallest absolute Gasteiger partial charge is 0.0314 e. The van der Waals surface area contributed by atoms with Gasteiger partial charge in [0.05, 0.1) is 0 Å². The molecular weight excluding hydrogens is 328 g/mol. The van der Waals surface area contributed by atoms with E-state index in [9.17, 15) is 0 Å². The highest BCUT2D eigenvalue weighted by molar-refractivity contribution is 5.49. The SMILES string of the molecule is Nc1ccc(C2(c3ccc(N)cc3)CCC(CC3CCCCC3)CC2)cc1. The van der Waals surface area contributed by atoms with Crippen molar-refractivity contribution < 1.29 is 0 Å². The minimum atomic E-state index is 0.116. The summed E-state index contributed by atoms with van der Waals surface area (Å²) < 4.78 is 0. The summed E-state index contributed by atoms with van der Waals surface area (Å²) in [6.45, 7) is 0. The lowest BCUT2D eigenvalue weighted by Gasteiger charge is -2.42. The largest absolute Gasteiger partial charge is 0.399 e. The van der Waals surface area contributed by atoms with E-state index >= 15 is 0 Å². The Kier molecular flexibility index (Phi) is 5.43. The van der Waals surface area contributed by atoms with Crippen LogP contribution in [0.1, 0.15) is 75.3 Å². The normalized spacial score (nSPS) is 21.2. The van der Waals surface area contributed by atoms with Crippen LogP contribution in [0.15, 0.2) is 48.5 Å². The van der Waals surface area contributed by atoms with Crippen molar-refractivity contribution in [2.75, 3.05) is 11.5 Å². The molecule has 2 aliphatic rings. The Balaban J connectivity index is 1.55. The Morgan fingerprint density at radius 2 is 1.07 bits per heavy atom. The fourth-order valence-electron chi connectivity index (χ4n) is 5.65. The molecule has 2 fully saturated rings. The maximum Gasteiger partial charge on any atom is 0.0314 e. The number of benzene rings is 2. The molecule has 0 saturated heterocycles. The highest BCUT2D eigenvalue weighted by atomic mass is 14.5. The number of nitrogen functional groups attached to an aromatic ring is 2. The van der Waals surface area contributed by atoms with Gasteiger partial charge in [0, 0.05) is 16.8 Å². The van der Waals surface area contributed by atoms with Gasteiger partial charge in [-0.2, -0.15) is 0 Å². The van der Waals surface area contributed by atoms with Gasteiger partial charge in [-0.25, -0.2) is 0 Å². The van der Waals surface area contributed by atoms with Crippen molar-refractivity contribution in [3.63, 3.8) is 0 Å². The molecule has 0 bridgehead atoms. The molecule has 2 saturated carbocycles. The zero-order valence-electron chi connectivity index (χ0n) is 16.5. The maximum atomic E-state index is 5.97. The fraction of sp³-hybridized carbons (Fsp3) is 0.520. The van der Waals surface area contributed by atoms with Crippen LogP contribution in [0.5, 0.6) is 0 Å². The van der Waals surface area contributed by atoms with Gasteiger partial charge in [-0.15, -0.1) is 0 Å². The summed E-state index contributed by atoms with van der Waals surface area (Å²) in [5, 5.41) is 0. The van der Waals surface area contributed by atoms with Gasteiger partial charge >= 0.3 is 0 Å². The first-order chi connectivity index (χ1) is 13.2. The summed E-state index contributed by atoms with van der Waals surface area (Å²) in [5.41, 5.74) is 16.6. The van der Waals surface area contributed by atoms with E-state index in [0.29, 0.717) is 0 Å². The number of hydrogen-bond acceptors (Lipinski definition) is 2. The minimum Gasteiger partial charge on any atom is -0.399 e. The van der Waals surface area contributed by atoms with Gasteiger partial charge < -0.3 is 11.5 Å². The molecule has 2 aromatic carbocycles. The van der Waals surface area contributed by atoms with E-state index < -0.39 is 0 Å². The van der Waals surface area contributed by atoms with Gasteiger partial charge in [0.2, 0.25) is 0 Å². The monoisotopic (exact) mass is 362 g/mol. The Hall–Kier alpha value is -1.96. The zero-order chi connectivity index (χ0) is 18.7. The van der Waals surface area contributed by atoms with E-state index in [0.717, 1.165) is 23.2 Å². The van der Waals surface area contributed by atoms with Crippen LogP contribution < -0.4 is 11.5 Å². The van der Waals surface area contributed by atoms with Crippen molar-refractivity contribution in [3.05, 3.63) is 59.7 Å². The third-order valence-corrected chi connectivity index (χ3v) is 7.28. The number of hydrogen-bond donors (Lipinski definition) is 2. The van der Waals surface area contributed by atoms with Crippen LogP contribution in [0.4, 0.5) is 11.4 Å². The minimum absolute atomic E-state index is 0.116. The topological polar surface area (TPSA) is 52.0 Å². The molecule has 0 heterocycles. The maximum absolute atomic E-state index is 5.97. The summed E-state index contributed by atoms with van der Waals surface area (Å²) in [7, 11) is 0. The van der Waals surface area contributed by atoms with Gasteiger partial charge in [0.25, 0.3) is 0 Å². The second-order valence-electron chi connectivity index (χ2n) is 9.01. The van der Waals surface area contributed by atoms with Crippen molar-refractivity contribution in [1.82, 2.24) is 0 Å². The third-order valence-electron chi connectivity index (χ3n) is 7.28. The van der Waals surface area contributed by atoms with Gasteiger partial charge in [-0.1, -0.05) is 56.4 Å². The molecular formula is C25H34N2. The summed E-state index contributed by atoms with van der Waals surface area (Å²) in [4.78, 5) is 0. The first-order valence-electron chi connectivity index (χ1n) is 10.9. The first-order valence-corrected chi connectivity index (χ1v) is 10.9. The van der Waals surface area contributed by atoms with E-state index in [2.05, 4.69) is 48.5 Å². The highest BCUT2D eigenvalue weighted by Gasteiger charge is 2.38. The first kappa shape index (κ1) is 18.4. The van der Waals surface area contributed by atoms with E-state index in [1.54, 1.807) is 0 Å². The van der Waals surface area contributed by atoms with Crippen molar-refractivity contribution in [3.8, 4) is 0 Å². The van der Waals surface area contributed by atoms with Crippen molar-refractivity contribution in [1.29, 1.82) is 0 Å². The van der Waals surface area contributed by atoms with Crippen LogP contribution in [-0.4, -0.2) is 0 Å². The van der Waals surface area contributed by atoms with Crippen LogP contribution in [0, 0.1) is 11.8 Å². The molecule has 2 aliphatic carbocycles. The van der Waals surface area contributed by atoms with E-state index in [4.69, 9.17) is 11.5 Å². The molecule has 2 heteroatoms. The van der Waals surface area contributed by atoms with Crippen molar-refractivity contribution in [2.45, 2.75) is 69.6 Å². The fourth-order valence-corrected chi connectivity index (χ4v) is 5.65. The van der Waals surface area contributed by atoms with E-state index in [1.807, 2.05) is 0 Å². The predicted octanol–water partition coefficient (Wildman–Crippen LogP) is 6.30. The summed E-state index contributed by atoms with van der Waals surface area (Å²) in [6, 6.07) is 17.2. The number of rotatable bonds is 4. The standard InChI is InChI=1S/C25H34N2/c26-23-10-6-21(7-11-23)25(22-8-12-24(27)13-9-22)16-14-20(15-17-25)18-19-4-2-1-3-5-19/h6-13,19-20H,1-5,14-18,26-27H2. The van der Waals surface area contributed by atoms with Crippen LogP contribution in [0.25, 0.3) is 0 Å². The molecule has 0 amide bonds. The molecule has 0 aromatic heterocycles.